The Morgan fingerprint density at radius 2 is 2.17 bits per heavy atom. The molecular formula is C20H24ClN5O3. The normalized spacial score (nSPS) is 16.3. The van der Waals surface area contributed by atoms with Crippen LogP contribution in [0.3, 0.4) is 0 Å². The average Bonchev–Trinajstić information content (AvgIpc) is 3.05. The first-order chi connectivity index (χ1) is 13.8. The maximum absolute atomic E-state index is 12.8. The predicted molar refractivity (Wildman–Crippen MR) is 111 cm³/mol. The Balaban J connectivity index is 1.81. The third-order valence-corrected chi connectivity index (χ3v) is 5.49. The molecule has 29 heavy (non-hydrogen) atoms. The molecular weight excluding hydrogens is 394 g/mol. The number of nitrogens with zero attached hydrogens (tertiary/aromatic N) is 3. The van der Waals surface area contributed by atoms with Crippen molar-refractivity contribution >= 4 is 23.3 Å². The molecule has 1 atom stereocenters. The number of carbonyl (C=O) groups is 1. The summed E-state index contributed by atoms with van der Waals surface area (Å²) in [6, 6.07) is 4.77. The van der Waals surface area contributed by atoms with Crippen LogP contribution in [0.5, 0.6) is 0 Å². The molecule has 1 aromatic carbocycles. The van der Waals surface area contributed by atoms with Gasteiger partial charge in [-0.05, 0) is 38.0 Å². The highest BCUT2D eigenvalue weighted by molar-refractivity contribution is 6.31. The lowest BCUT2D eigenvalue weighted by Crippen LogP contribution is -2.41. The zero-order valence-electron chi connectivity index (χ0n) is 16.7. The van der Waals surface area contributed by atoms with Crippen molar-refractivity contribution in [1.29, 1.82) is 5.41 Å². The molecule has 0 aliphatic carbocycles. The number of methoxy groups -OCH3 is 1. The number of aryl methyl sites for hydroxylation is 2. The van der Waals surface area contributed by atoms with Gasteiger partial charge in [0, 0.05) is 25.8 Å². The van der Waals surface area contributed by atoms with Gasteiger partial charge in [0.05, 0.1) is 24.0 Å². The molecule has 1 aliphatic rings. The van der Waals surface area contributed by atoms with E-state index in [1.807, 2.05) is 11.8 Å². The van der Waals surface area contributed by atoms with Gasteiger partial charge in [0.15, 0.2) is 0 Å². The minimum Gasteiger partial charge on any atom is -0.383 e. The van der Waals surface area contributed by atoms with Crippen LogP contribution in [0.15, 0.2) is 29.3 Å². The fourth-order valence-electron chi connectivity index (χ4n) is 3.27. The summed E-state index contributed by atoms with van der Waals surface area (Å²) < 4.78 is 6.40. The lowest BCUT2D eigenvalue weighted by atomic mass is 10.1. The highest BCUT2D eigenvalue weighted by Crippen LogP contribution is 2.18. The number of aromatic nitrogens is 2. The topological polar surface area (TPSA) is 100 Å². The van der Waals surface area contributed by atoms with Crippen LogP contribution in [0, 0.1) is 19.3 Å². The molecule has 154 valence electrons. The lowest BCUT2D eigenvalue weighted by molar-refractivity contribution is 0.0947. The van der Waals surface area contributed by atoms with Crippen LogP contribution >= 0.6 is 11.6 Å². The largest absolute Gasteiger partial charge is 0.383 e. The van der Waals surface area contributed by atoms with E-state index in [0.717, 1.165) is 5.56 Å². The van der Waals surface area contributed by atoms with E-state index in [2.05, 4.69) is 10.3 Å². The van der Waals surface area contributed by atoms with Crippen molar-refractivity contribution in [2.24, 2.45) is 0 Å². The van der Waals surface area contributed by atoms with Crippen LogP contribution in [-0.2, 0) is 4.74 Å². The summed E-state index contributed by atoms with van der Waals surface area (Å²) in [6.45, 7) is 5.37. The van der Waals surface area contributed by atoms with E-state index in [-0.39, 0.29) is 22.5 Å². The predicted octanol–water partition coefficient (Wildman–Crippen LogP) is 1.93. The monoisotopic (exact) mass is 417 g/mol. The van der Waals surface area contributed by atoms with Crippen LogP contribution in [-0.4, -0.2) is 59.0 Å². The third kappa shape index (κ3) is 4.33. The molecule has 2 aromatic rings. The van der Waals surface area contributed by atoms with Crippen molar-refractivity contribution in [3.63, 3.8) is 0 Å². The van der Waals surface area contributed by atoms with Crippen molar-refractivity contribution in [3.8, 4) is 5.69 Å². The van der Waals surface area contributed by atoms with Gasteiger partial charge in [-0.25, -0.2) is 4.98 Å². The number of benzene rings is 1. The molecule has 1 aromatic heterocycles. The Morgan fingerprint density at radius 1 is 1.41 bits per heavy atom. The first-order valence-corrected chi connectivity index (χ1v) is 9.69. The quantitative estimate of drug-likeness (QED) is 0.748. The number of rotatable bonds is 6. The Hall–Kier alpha value is -2.71. The first kappa shape index (κ1) is 21.0. The minimum absolute atomic E-state index is 0.0531. The Bertz CT molecular complexity index is 1000. The zero-order valence-corrected chi connectivity index (χ0v) is 17.4. The van der Waals surface area contributed by atoms with Crippen LogP contribution in [0.1, 0.15) is 28.0 Å². The van der Waals surface area contributed by atoms with E-state index in [4.69, 9.17) is 21.7 Å². The summed E-state index contributed by atoms with van der Waals surface area (Å²) in [5.41, 5.74) is 1.82. The second-order valence-corrected chi connectivity index (χ2v) is 7.38. The summed E-state index contributed by atoms with van der Waals surface area (Å²) in [7, 11) is 1.62. The van der Waals surface area contributed by atoms with E-state index >= 15 is 0 Å². The fraction of sp³-hybridized carbons (Fsp3) is 0.400. The van der Waals surface area contributed by atoms with Crippen molar-refractivity contribution in [2.75, 3.05) is 26.8 Å². The fourth-order valence-corrected chi connectivity index (χ4v) is 3.41. The van der Waals surface area contributed by atoms with Gasteiger partial charge < -0.3 is 15.0 Å². The van der Waals surface area contributed by atoms with Gasteiger partial charge in [-0.2, -0.15) is 0 Å². The van der Waals surface area contributed by atoms with Gasteiger partial charge in [0.1, 0.15) is 17.2 Å². The van der Waals surface area contributed by atoms with Gasteiger partial charge in [-0.15, -0.1) is 0 Å². The third-order valence-electron chi connectivity index (χ3n) is 5.05. The summed E-state index contributed by atoms with van der Waals surface area (Å²) in [4.78, 5) is 31.3. The molecule has 2 N–H and O–H groups in total. The number of hydrogen-bond donors (Lipinski definition) is 2. The van der Waals surface area contributed by atoms with E-state index in [9.17, 15) is 9.59 Å². The molecule has 0 spiro atoms. The number of amides is 1. The number of amidine groups is 1. The first-order valence-electron chi connectivity index (χ1n) is 9.31. The molecule has 1 fully saturated rings. The van der Waals surface area contributed by atoms with Gasteiger partial charge >= 0.3 is 0 Å². The van der Waals surface area contributed by atoms with E-state index in [1.165, 1.54) is 10.9 Å². The Labute approximate surface area is 174 Å². The Kier molecular flexibility index (Phi) is 6.34. The van der Waals surface area contributed by atoms with Gasteiger partial charge in [-0.3, -0.25) is 19.6 Å². The highest BCUT2D eigenvalue weighted by Gasteiger charge is 2.29. The second kappa shape index (κ2) is 8.75. The number of carbonyl (C=O) groups excluding carboxylic acids is 1. The number of ether oxygens (including phenoxy) is 1. The molecule has 1 aliphatic heterocycles. The molecule has 0 saturated carbocycles. The van der Waals surface area contributed by atoms with Crippen molar-refractivity contribution in [3.05, 3.63) is 56.7 Å². The highest BCUT2D eigenvalue weighted by atomic mass is 35.5. The average molecular weight is 418 g/mol. The lowest BCUT2D eigenvalue weighted by Gasteiger charge is -2.19. The number of likely N-dealkylation sites (tertiary alicyclic amines) is 1. The van der Waals surface area contributed by atoms with E-state index in [1.54, 1.807) is 32.2 Å². The maximum atomic E-state index is 12.8. The molecule has 0 bridgehead atoms. The second-order valence-electron chi connectivity index (χ2n) is 7.00. The van der Waals surface area contributed by atoms with Crippen LogP contribution in [0.2, 0.25) is 5.02 Å². The van der Waals surface area contributed by atoms with Gasteiger partial charge in [0.25, 0.3) is 11.5 Å². The summed E-state index contributed by atoms with van der Waals surface area (Å²) in [5.74, 6) is 0.0854. The minimum atomic E-state index is -0.383. The van der Waals surface area contributed by atoms with Gasteiger partial charge in [0.2, 0.25) is 0 Å². The van der Waals surface area contributed by atoms with Crippen LogP contribution in [0.25, 0.3) is 5.69 Å². The van der Waals surface area contributed by atoms with E-state index in [0.29, 0.717) is 48.9 Å². The molecule has 1 unspecified atom stereocenters. The van der Waals surface area contributed by atoms with Crippen LogP contribution in [0.4, 0.5) is 0 Å². The SMILES string of the molecule is COCCN1CCC(NC(=O)c2ccc(C)c(-n3cnc(C)c(Cl)c3=O)c2)C1=N. The maximum Gasteiger partial charge on any atom is 0.276 e. The van der Waals surface area contributed by atoms with Crippen molar-refractivity contribution in [2.45, 2.75) is 26.3 Å². The summed E-state index contributed by atoms with van der Waals surface area (Å²) in [6.07, 6.45) is 2.08. The van der Waals surface area contributed by atoms with Gasteiger partial charge in [-0.1, -0.05) is 17.7 Å². The molecule has 9 heteroatoms. The number of hydrogen-bond acceptors (Lipinski definition) is 5. The molecule has 1 amide bonds. The van der Waals surface area contributed by atoms with Crippen molar-refractivity contribution < 1.29 is 9.53 Å². The Morgan fingerprint density at radius 3 is 2.90 bits per heavy atom. The molecule has 2 heterocycles. The van der Waals surface area contributed by atoms with E-state index < -0.39 is 0 Å². The number of halogens is 1. The standard InChI is InChI=1S/C20H24ClN5O3/c1-12-4-5-14(10-16(12)26-11-23-13(2)17(21)20(26)28)19(27)24-15-6-7-25(18(15)22)8-9-29-3/h4-5,10-11,15,22H,6-9H2,1-3H3,(H,24,27). The molecule has 8 nitrogen and oxygen atoms in total. The summed E-state index contributed by atoms with van der Waals surface area (Å²) in [5, 5.41) is 11.2. The zero-order chi connectivity index (χ0) is 21.1. The molecule has 3 rings (SSSR count). The smallest absolute Gasteiger partial charge is 0.276 e. The number of nitrogens with one attached hydrogen (secondary N) is 2. The molecule has 1 saturated heterocycles. The van der Waals surface area contributed by atoms with Crippen molar-refractivity contribution in [1.82, 2.24) is 19.8 Å². The summed E-state index contributed by atoms with van der Waals surface area (Å²) >= 11 is 6.05. The van der Waals surface area contributed by atoms with Crippen LogP contribution < -0.4 is 10.9 Å². The molecule has 0 radical (unpaired) electrons.